The molecule has 0 bridgehead atoms. The highest BCUT2D eigenvalue weighted by Gasteiger charge is 2.28. The Morgan fingerprint density at radius 3 is 1.23 bits per heavy atom. The number of ketones is 2. The molecule has 0 saturated heterocycles. The van der Waals surface area contributed by atoms with E-state index in [0.29, 0.717) is 47.1 Å². The van der Waals surface area contributed by atoms with Crippen molar-refractivity contribution >= 4 is 11.6 Å². The third kappa shape index (κ3) is 5.85. The molecule has 2 rings (SSSR count). The highest BCUT2D eigenvalue weighted by atomic mass is 16.1. The molecule has 0 amide bonds. The Morgan fingerprint density at radius 2 is 1.00 bits per heavy atom. The van der Waals surface area contributed by atoms with Gasteiger partial charge in [-0.1, -0.05) is 41.5 Å². The van der Waals surface area contributed by atoms with Gasteiger partial charge in [-0.2, -0.15) is 0 Å². The van der Waals surface area contributed by atoms with Gasteiger partial charge in [-0.3, -0.25) is 9.59 Å². The summed E-state index contributed by atoms with van der Waals surface area (Å²) in [5.74, 6) is 4.11. The normalized spacial score (nSPS) is 32.9. The van der Waals surface area contributed by atoms with Crippen molar-refractivity contribution in [2.45, 2.75) is 80.1 Å². The topological polar surface area (TPSA) is 34.1 Å². The van der Waals surface area contributed by atoms with Gasteiger partial charge in [0.1, 0.15) is 11.6 Å². The minimum Gasteiger partial charge on any atom is -0.299 e. The Balaban J connectivity index is 0.000000220. The molecular formula is C20H36O2. The average Bonchev–Trinajstić information content (AvgIpc) is 2.38. The van der Waals surface area contributed by atoms with Crippen molar-refractivity contribution in [2.24, 2.45) is 35.5 Å². The lowest BCUT2D eigenvalue weighted by Gasteiger charge is -2.27. The van der Waals surface area contributed by atoms with Crippen LogP contribution in [0.25, 0.3) is 0 Å². The van der Waals surface area contributed by atoms with E-state index in [1.165, 1.54) is 12.8 Å². The maximum absolute atomic E-state index is 11.4. The SMILES string of the molecule is CC(C)[C@H]1CC[C@H](C)CC1=O.CC1CCC(C(C)C)C(=O)C1. The van der Waals surface area contributed by atoms with Crippen LogP contribution in [0.3, 0.4) is 0 Å². The number of carbonyl (C=O) groups excluding carboxylic acids is 2. The summed E-state index contributed by atoms with van der Waals surface area (Å²) in [7, 11) is 0. The van der Waals surface area contributed by atoms with Gasteiger partial charge in [-0.15, -0.1) is 0 Å². The zero-order valence-electron chi connectivity index (χ0n) is 15.5. The van der Waals surface area contributed by atoms with Gasteiger partial charge in [0.2, 0.25) is 0 Å². The lowest BCUT2D eigenvalue weighted by molar-refractivity contribution is -0.128. The maximum atomic E-state index is 11.4. The number of hydrogen-bond acceptors (Lipinski definition) is 2. The second-order valence-electron chi connectivity index (χ2n) is 8.41. The van der Waals surface area contributed by atoms with Crippen LogP contribution in [0.2, 0.25) is 0 Å². The van der Waals surface area contributed by atoms with Crippen molar-refractivity contribution in [3.05, 3.63) is 0 Å². The van der Waals surface area contributed by atoms with E-state index in [1.54, 1.807) is 0 Å². The maximum Gasteiger partial charge on any atom is 0.136 e. The quantitative estimate of drug-likeness (QED) is 0.694. The van der Waals surface area contributed by atoms with Crippen molar-refractivity contribution in [1.82, 2.24) is 0 Å². The van der Waals surface area contributed by atoms with Gasteiger partial charge in [-0.05, 0) is 49.4 Å². The molecule has 0 aromatic carbocycles. The van der Waals surface area contributed by atoms with Crippen LogP contribution >= 0.6 is 0 Å². The van der Waals surface area contributed by atoms with Crippen molar-refractivity contribution in [1.29, 1.82) is 0 Å². The standard InChI is InChI=1S/2C10H18O/c2*1-7(2)9-5-4-8(3)6-10(9)11/h2*7-9H,4-6H2,1-3H3/t8-,9+;/m0./s1. The Morgan fingerprint density at radius 1 is 0.682 bits per heavy atom. The van der Waals surface area contributed by atoms with E-state index in [2.05, 4.69) is 41.5 Å². The fourth-order valence-corrected chi connectivity index (χ4v) is 3.85. The molecule has 0 radical (unpaired) electrons. The van der Waals surface area contributed by atoms with Gasteiger partial charge in [0.15, 0.2) is 0 Å². The van der Waals surface area contributed by atoms with Crippen molar-refractivity contribution in [3.63, 3.8) is 0 Å². The summed E-state index contributed by atoms with van der Waals surface area (Å²) in [5.41, 5.74) is 0. The first kappa shape index (κ1) is 19.4. The lowest BCUT2D eigenvalue weighted by Crippen LogP contribution is -2.27. The zero-order valence-corrected chi connectivity index (χ0v) is 15.5. The predicted molar refractivity (Wildman–Crippen MR) is 92.7 cm³/mol. The summed E-state index contributed by atoms with van der Waals surface area (Å²) < 4.78 is 0. The van der Waals surface area contributed by atoms with Gasteiger partial charge >= 0.3 is 0 Å². The van der Waals surface area contributed by atoms with E-state index in [0.717, 1.165) is 25.7 Å². The first-order valence-corrected chi connectivity index (χ1v) is 9.27. The Labute approximate surface area is 137 Å². The van der Waals surface area contributed by atoms with Crippen LogP contribution in [0.5, 0.6) is 0 Å². The number of rotatable bonds is 2. The molecule has 4 atom stereocenters. The molecule has 128 valence electrons. The van der Waals surface area contributed by atoms with E-state index in [-0.39, 0.29) is 0 Å². The summed E-state index contributed by atoms with van der Waals surface area (Å²) in [6.45, 7) is 13.0. The Kier molecular flexibility index (Phi) is 7.79. The first-order chi connectivity index (χ1) is 10.2. The summed E-state index contributed by atoms with van der Waals surface area (Å²) in [4.78, 5) is 22.9. The van der Waals surface area contributed by atoms with Gasteiger partial charge in [0.25, 0.3) is 0 Å². The van der Waals surface area contributed by atoms with Gasteiger partial charge in [-0.25, -0.2) is 0 Å². The lowest BCUT2D eigenvalue weighted by atomic mass is 9.77. The summed E-state index contributed by atoms with van der Waals surface area (Å²) >= 11 is 0. The first-order valence-electron chi connectivity index (χ1n) is 9.27. The Hall–Kier alpha value is -0.660. The molecule has 2 aliphatic carbocycles. The van der Waals surface area contributed by atoms with E-state index in [1.807, 2.05) is 0 Å². The summed E-state index contributed by atoms with van der Waals surface area (Å²) in [5, 5.41) is 0. The average molecular weight is 309 g/mol. The van der Waals surface area contributed by atoms with Crippen LogP contribution in [0, 0.1) is 35.5 Å². The van der Waals surface area contributed by atoms with Crippen LogP contribution < -0.4 is 0 Å². The number of carbonyl (C=O) groups is 2. The zero-order chi connectivity index (χ0) is 16.9. The highest BCUT2D eigenvalue weighted by Crippen LogP contribution is 2.30. The van der Waals surface area contributed by atoms with Crippen LogP contribution in [-0.4, -0.2) is 11.6 Å². The monoisotopic (exact) mass is 308 g/mol. The summed E-state index contributed by atoms with van der Waals surface area (Å²) in [6, 6.07) is 0. The van der Waals surface area contributed by atoms with Gasteiger partial charge in [0.05, 0.1) is 0 Å². The minimum absolute atomic E-state index is 0.367. The van der Waals surface area contributed by atoms with Crippen LogP contribution in [0.15, 0.2) is 0 Å². The molecule has 22 heavy (non-hydrogen) atoms. The molecule has 2 nitrogen and oxygen atoms in total. The molecule has 2 unspecified atom stereocenters. The molecule has 2 aliphatic rings. The molecular weight excluding hydrogens is 272 g/mol. The summed E-state index contributed by atoms with van der Waals surface area (Å²) in [6.07, 6.45) is 6.38. The molecule has 0 N–H and O–H groups in total. The second-order valence-corrected chi connectivity index (χ2v) is 8.41. The molecule has 2 saturated carbocycles. The van der Waals surface area contributed by atoms with Crippen LogP contribution in [0.4, 0.5) is 0 Å². The fraction of sp³-hybridized carbons (Fsp3) is 0.900. The number of Topliss-reactive ketones (excluding diaryl/α,β-unsaturated/α-hetero) is 2. The molecule has 0 aliphatic heterocycles. The number of hydrogen-bond donors (Lipinski definition) is 0. The molecule has 0 aromatic rings. The van der Waals surface area contributed by atoms with Crippen LogP contribution in [0.1, 0.15) is 80.1 Å². The van der Waals surface area contributed by atoms with Crippen molar-refractivity contribution < 1.29 is 9.59 Å². The highest BCUT2D eigenvalue weighted by molar-refractivity contribution is 5.82. The second kappa shape index (κ2) is 8.84. The Bertz CT molecular complexity index is 334. The van der Waals surface area contributed by atoms with E-state index < -0.39 is 0 Å². The van der Waals surface area contributed by atoms with Gasteiger partial charge < -0.3 is 0 Å². The molecule has 0 spiro atoms. The fourth-order valence-electron chi connectivity index (χ4n) is 3.85. The van der Waals surface area contributed by atoms with Crippen molar-refractivity contribution in [3.8, 4) is 0 Å². The largest absolute Gasteiger partial charge is 0.299 e. The van der Waals surface area contributed by atoms with Crippen molar-refractivity contribution in [2.75, 3.05) is 0 Å². The third-order valence-electron chi connectivity index (χ3n) is 5.48. The van der Waals surface area contributed by atoms with Gasteiger partial charge in [0, 0.05) is 24.7 Å². The minimum atomic E-state index is 0.367. The smallest absolute Gasteiger partial charge is 0.136 e. The predicted octanol–water partition coefficient (Wildman–Crippen LogP) is 5.30. The van der Waals surface area contributed by atoms with Crippen LogP contribution in [-0.2, 0) is 9.59 Å². The van der Waals surface area contributed by atoms with E-state index in [9.17, 15) is 9.59 Å². The van der Waals surface area contributed by atoms with E-state index in [4.69, 9.17) is 0 Å². The molecule has 2 heteroatoms. The van der Waals surface area contributed by atoms with E-state index >= 15 is 0 Å². The molecule has 0 aromatic heterocycles. The third-order valence-corrected chi connectivity index (χ3v) is 5.48. The molecule has 0 heterocycles. The molecule has 2 fully saturated rings.